The van der Waals surface area contributed by atoms with Crippen molar-refractivity contribution in [2.45, 2.75) is 19.5 Å². The van der Waals surface area contributed by atoms with Gasteiger partial charge in [0.2, 0.25) is 11.8 Å². The lowest BCUT2D eigenvalue weighted by atomic mass is 10.1. The van der Waals surface area contributed by atoms with Crippen LogP contribution in [0, 0.1) is 0 Å². The Labute approximate surface area is 159 Å². The summed E-state index contributed by atoms with van der Waals surface area (Å²) >= 11 is 5.56. The molecule has 4 nitrogen and oxygen atoms in total. The molecule has 2 aromatic rings. The molecule has 0 spiro atoms. The van der Waals surface area contributed by atoms with Gasteiger partial charge in [-0.2, -0.15) is 13.2 Å². The van der Waals surface area contributed by atoms with Crippen molar-refractivity contribution < 1.29 is 22.8 Å². The first-order valence-corrected chi connectivity index (χ1v) is 8.50. The molecule has 0 heterocycles. The van der Waals surface area contributed by atoms with Crippen LogP contribution in [0.15, 0.2) is 48.5 Å². The molecule has 0 aliphatic rings. The van der Waals surface area contributed by atoms with Crippen molar-refractivity contribution in [3.05, 3.63) is 64.7 Å². The van der Waals surface area contributed by atoms with E-state index in [1.54, 1.807) is 0 Å². The van der Waals surface area contributed by atoms with E-state index in [1.807, 2.05) is 30.3 Å². The van der Waals surface area contributed by atoms with E-state index in [2.05, 4.69) is 5.32 Å². The highest BCUT2D eigenvalue weighted by molar-refractivity contribution is 6.31. The molecule has 0 bridgehead atoms. The molecular formula is C19H18ClF3N2O2. The number of anilines is 1. The summed E-state index contributed by atoms with van der Waals surface area (Å²) in [6.07, 6.45) is -4.06. The van der Waals surface area contributed by atoms with Gasteiger partial charge >= 0.3 is 6.18 Å². The number of carbonyl (C=O) groups excluding carboxylic acids is 2. The van der Waals surface area contributed by atoms with Gasteiger partial charge in [0.25, 0.3) is 0 Å². The lowest BCUT2D eigenvalue weighted by Crippen LogP contribution is -2.38. The minimum Gasteiger partial charge on any atom is -0.333 e. The van der Waals surface area contributed by atoms with Crippen molar-refractivity contribution in [3.8, 4) is 0 Å². The number of hydrogen-bond donors (Lipinski definition) is 1. The highest BCUT2D eigenvalue weighted by Crippen LogP contribution is 2.36. The van der Waals surface area contributed by atoms with Gasteiger partial charge in [-0.15, -0.1) is 0 Å². The van der Waals surface area contributed by atoms with E-state index in [0.29, 0.717) is 13.0 Å². The second kappa shape index (κ2) is 8.90. The zero-order valence-corrected chi connectivity index (χ0v) is 15.3. The molecule has 0 saturated heterocycles. The number of hydrogen-bond acceptors (Lipinski definition) is 2. The Hall–Kier alpha value is -2.54. The van der Waals surface area contributed by atoms with Gasteiger partial charge in [0.05, 0.1) is 17.1 Å². The average Bonchev–Trinajstić information content (AvgIpc) is 2.60. The third-order valence-electron chi connectivity index (χ3n) is 3.85. The van der Waals surface area contributed by atoms with Crippen LogP contribution in [0.1, 0.15) is 18.1 Å². The fourth-order valence-corrected chi connectivity index (χ4v) is 2.68. The zero-order valence-electron chi connectivity index (χ0n) is 14.5. The molecule has 2 aromatic carbocycles. The van der Waals surface area contributed by atoms with Crippen LogP contribution >= 0.6 is 11.6 Å². The summed E-state index contributed by atoms with van der Waals surface area (Å²) in [6.45, 7) is 1.40. The van der Waals surface area contributed by atoms with E-state index in [1.165, 1.54) is 17.9 Å². The molecule has 8 heteroatoms. The molecule has 0 aliphatic heterocycles. The van der Waals surface area contributed by atoms with Crippen LogP contribution in [0.25, 0.3) is 0 Å². The van der Waals surface area contributed by atoms with Gasteiger partial charge in [-0.05, 0) is 30.2 Å². The SMILES string of the molecule is CC(=O)N(CCc1ccccc1)CC(=O)Nc1ccc(Cl)c(C(F)(F)F)c1. The molecule has 1 N–H and O–H groups in total. The first-order valence-electron chi connectivity index (χ1n) is 8.13. The smallest absolute Gasteiger partial charge is 0.333 e. The van der Waals surface area contributed by atoms with Crippen molar-refractivity contribution in [3.63, 3.8) is 0 Å². The lowest BCUT2D eigenvalue weighted by molar-refractivity contribution is -0.137. The van der Waals surface area contributed by atoms with Crippen molar-refractivity contribution in [1.29, 1.82) is 0 Å². The van der Waals surface area contributed by atoms with Gasteiger partial charge in [-0.1, -0.05) is 41.9 Å². The first-order chi connectivity index (χ1) is 12.7. The number of nitrogens with zero attached hydrogens (tertiary/aromatic N) is 1. The second-order valence-corrected chi connectivity index (χ2v) is 6.32. The lowest BCUT2D eigenvalue weighted by Gasteiger charge is -2.21. The molecule has 0 saturated carbocycles. The monoisotopic (exact) mass is 398 g/mol. The Morgan fingerprint density at radius 3 is 2.37 bits per heavy atom. The van der Waals surface area contributed by atoms with E-state index in [9.17, 15) is 22.8 Å². The molecule has 0 aromatic heterocycles. The topological polar surface area (TPSA) is 49.4 Å². The normalized spacial score (nSPS) is 11.1. The quantitative estimate of drug-likeness (QED) is 0.784. The van der Waals surface area contributed by atoms with Crippen LogP contribution in [0.2, 0.25) is 5.02 Å². The van der Waals surface area contributed by atoms with Gasteiger partial charge < -0.3 is 10.2 Å². The molecule has 27 heavy (non-hydrogen) atoms. The summed E-state index contributed by atoms with van der Waals surface area (Å²) in [5.41, 5.74) is -0.0607. The Balaban J connectivity index is 2.01. The highest BCUT2D eigenvalue weighted by Gasteiger charge is 2.33. The maximum absolute atomic E-state index is 12.9. The minimum atomic E-state index is -4.63. The molecule has 2 amide bonds. The van der Waals surface area contributed by atoms with Gasteiger partial charge in [-0.25, -0.2) is 0 Å². The van der Waals surface area contributed by atoms with Crippen LogP contribution < -0.4 is 5.32 Å². The average molecular weight is 399 g/mol. The number of rotatable bonds is 6. The third-order valence-corrected chi connectivity index (χ3v) is 4.18. The van der Waals surface area contributed by atoms with E-state index in [0.717, 1.165) is 17.7 Å². The number of alkyl halides is 3. The summed E-state index contributed by atoms with van der Waals surface area (Å²) in [6, 6.07) is 12.5. The summed E-state index contributed by atoms with van der Waals surface area (Å²) in [4.78, 5) is 25.3. The summed E-state index contributed by atoms with van der Waals surface area (Å²) in [5.74, 6) is -0.887. The van der Waals surface area contributed by atoms with Crippen molar-refractivity contribution in [1.82, 2.24) is 4.90 Å². The van der Waals surface area contributed by atoms with E-state index < -0.39 is 22.7 Å². The molecule has 0 atom stereocenters. The summed E-state index contributed by atoms with van der Waals surface area (Å²) in [7, 11) is 0. The Bertz CT molecular complexity index is 810. The predicted octanol–water partition coefficient (Wildman–Crippen LogP) is 4.39. The van der Waals surface area contributed by atoms with Gasteiger partial charge in [0.1, 0.15) is 0 Å². The standard InChI is InChI=1S/C19H18ClF3N2O2/c1-13(26)25(10-9-14-5-3-2-4-6-14)12-18(27)24-15-7-8-17(20)16(11-15)19(21,22)23/h2-8,11H,9-10,12H2,1H3,(H,24,27). The second-order valence-electron chi connectivity index (χ2n) is 5.92. The van der Waals surface area contributed by atoms with Gasteiger partial charge in [0.15, 0.2) is 0 Å². The van der Waals surface area contributed by atoms with Crippen molar-refractivity contribution in [2.24, 2.45) is 0 Å². The molecule has 0 aliphatic carbocycles. The molecule has 2 rings (SSSR count). The van der Waals surface area contributed by atoms with Crippen LogP contribution in [0.4, 0.5) is 18.9 Å². The van der Waals surface area contributed by atoms with Gasteiger partial charge in [-0.3, -0.25) is 9.59 Å². The maximum atomic E-state index is 12.9. The van der Waals surface area contributed by atoms with Crippen LogP contribution in [0.5, 0.6) is 0 Å². The fraction of sp³-hybridized carbons (Fsp3) is 0.263. The van der Waals surface area contributed by atoms with E-state index >= 15 is 0 Å². The molecule has 0 radical (unpaired) electrons. The van der Waals surface area contributed by atoms with Crippen LogP contribution in [0.3, 0.4) is 0 Å². The van der Waals surface area contributed by atoms with Gasteiger partial charge in [0, 0.05) is 19.2 Å². The first kappa shape index (κ1) is 20.8. The zero-order chi connectivity index (χ0) is 20.0. The molecule has 0 unspecified atom stereocenters. The Morgan fingerprint density at radius 1 is 1.11 bits per heavy atom. The van der Waals surface area contributed by atoms with Crippen LogP contribution in [-0.2, 0) is 22.2 Å². The highest BCUT2D eigenvalue weighted by atomic mass is 35.5. The largest absolute Gasteiger partial charge is 0.417 e. The Kier molecular flexibility index (Phi) is 6.85. The predicted molar refractivity (Wildman–Crippen MR) is 97.5 cm³/mol. The number of nitrogens with one attached hydrogen (secondary N) is 1. The number of amides is 2. The number of benzene rings is 2. The van der Waals surface area contributed by atoms with E-state index in [-0.39, 0.29) is 18.1 Å². The Morgan fingerprint density at radius 2 is 1.78 bits per heavy atom. The minimum absolute atomic E-state index is 0.0386. The van der Waals surface area contributed by atoms with Crippen molar-refractivity contribution in [2.75, 3.05) is 18.4 Å². The molecule has 144 valence electrons. The summed E-state index contributed by atoms with van der Waals surface area (Å²) in [5, 5.41) is 1.92. The van der Waals surface area contributed by atoms with Crippen LogP contribution in [-0.4, -0.2) is 29.8 Å². The molecule has 0 fully saturated rings. The van der Waals surface area contributed by atoms with E-state index in [4.69, 9.17) is 11.6 Å². The number of carbonyl (C=O) groups is 2. The van der Waals surface area contributed by atoms with Crippen molar-refractivity contribution >= 4 is 29.1 Å². The number of halogens is 4. The fourth-order valence-electron chi connectivity index (χ4n) is 2.45. The molecular weight excluding hydrogens is 381 g/mol. The summed E-state index contributed by atoms with van der Waals surface area (Å²) < 4.78 is 38.7. The maximum Gasteiger partial charge on any atom is 0.417 e. The third kappa shape index (κ3) is 6.29.